The van der Waals surface area contributed by atoms with E-state index in [9.17, 15) is 23.9 Å². The van der Waals surface area contributed by atoms with Gasteiger partial charge in [-0.15, -0.1) is 0 Å². The minimum atomic E-state index is -3.38. The average molecular weight is 665 g/mol. The Labute approximate surface area is 277 Å². The molecule has 13 nitrogen and oxygen atoms in total. The molecule has 254 valence electrons. The molecule has 3 aliphatic heterocycles. The summed E-state index contributed by atoms with van der Waals surface area (Å²) in [5.74, 6) is -2.91. The lowest BCUT2D eigenvalue weighted by Gasteiger charge is -2.43. The zero-order valence-electron chi connectivity index (χ0n) is 27.0. The quantitative estimate of drug-likeness (QED) is 0.346. The van der Waals surface area contributed by atoms with Crippen molar-refractivity contribution in [3.63, 3.8) is 0 Å². The molecule has 0 aliphatic carbocycles. The Morgan fingerprint density at radius 1 is 1.17 bits per heavy atom. The van der Waals surface area contributed by atoms with Crippen molar-refractivity contribution in [2.24, 2.45) is 0 Å². The highest BCUT2D eigenvalue weighted by Gasteiger charge is 2.48. The number of aromatic nitrogens is 3. The van der Waals surface area contributed by atoms with Crippen molar-refractivity contribution in [2.75, 3.05) is 69.8 Å². The first kappa shape index (κ1) is 33.3. The van der Waals surface area contributed by atoms with Crippen LogP contribution in [0.4, 0.5) is 26.2 Å². The van der Waals surface area contributed by atoms with Crippen molar-refractivity contribution in [3.8, 4) is 29.0 Å². The number of aliphatic hydroxyl groups excluding tert-OH is 1. The molecule has 3 aromatic rings. The number of likely N-dealkylation sites (tertiary alicyclic amines) is 1. The average Bonchev–Trinajstić information content (AvgIpc) is 3.05. The number of carbonyl (C=O) groups is 1. The predicted octanol–water partition coefficient (Wildman–Crippen LogP) is 2.99. The maximum absolute atomic E-state index is 15.0. The first-order valence-corrected chi connectivity index (χ1v) is 15.8. The van der Waals surface area contributed by atoms with E-state index in [2.05, 4.69) is 30.1 Å². The van der Waals surface area contributed by atoms with Crippen LogP contribution in [-0.4, -0.2) is 120 Å². The number of aryl methyl sites for hydroxylation is 1. The third-order valence-electron chi connectivity index (χ3n) is 8.88. The van der Waals surface area contributed by atoms with Gasteiger partial charge in [-0.2, -0.15) is 10.2 Å². The predicted molar refractivity (Wildman–Crippen MR) is 172 cm³/mol. The Morgan fingerprint density at radius 3 is 2.58 bits per heavy atom. The second-order valence-electron chi connectivity index (χ2n) is 12.2. The van der Waals surface area contributed by atoms with E-state index in [1.54, 1.807) is 19.4 Å². The monoisotopic (exact) mass is 664 g/mol. The summed E-state index contributed by atoms with van der Waals surface area (Å²) in [5, 5.41) is 22.5. The van der Waals surface area contributed by atoms with Crippen molar-refractivity contribution >= 4 is 23.4 Å². The van der Waals surface area contributed by atoms with Gasteiger partial charge < -0.3 is 34.4 Å². The Bertz CT molecular complexity index is 1690. The Morgan fingerprint density at radius 2 is 1.94 bits per heavy atom. The summed E-state index contributed by atoms with van der Waals surface area (Å²) in [7, 11) is 1.58. The normalized spacial score (nSPS) is 20.4. The van der Waals surface area contributed by atoms with Crippen LogP contribution in [0.5, 0.6) is 11.6 Å². The molecule has 1 amide bonds. The fourth-order valence-corrected chi connectivity index (χ4v) is 6.10. The number of piperidine rings is 1. The van der Waals surface area contributed by atoms with Crippen molar-refractivity contribution in [2.45, 2.75) is 44.4 Å². The number of benzene rings is 1. The number of rotatable bonds is 9. The molecule has 15 heteroatoms. The molecule has 5 heterocycles. The standard InChI is InChI=1S/C33H38F2N8O5/c1-20-16-37-32(39-28-7-5-25(30(38-28)46-3)42-12-10-41(11-13-42)24-17-47-18-24)40-29(20)22-4-6-26(23(14-22)15-36)48-27-8-9-43(19-33(27,34)35)31(45)21(2)44/h4-7,14,16,21,24,27,44H,8-13,17-19H2,1-3H3,(H,37,38,39,40)/t21-,27-/m0/s1. The number of nitrogens with one attached hydrogen (secondary N) is 1. The van der Waals surface area contributed by atoms with E-state index in [1.165, 1.54) is 19.1 Å². The SMILES string of the molecule is COc1nc(Nc2ncc(C)c(-c3ccc(O[C@H]4CCN(C(=O)[C@H](C)O)CC4(F)F)c(C#N)c3)n2)ccc1N1CCN(C2COC2)CC1. The number of ether oxygens (including phenoxy) is 3. The molecule has 1 aromatic carbocycles. The Kier molecular flexibility index (Phi) is 9.58. The van der Waals surface area contributed by atoms with Gasteiger partial charge in [-0.1, -0.05) is 0 Å². The molecule has 0 unspecified atom stereocenters. The number of nitrogens with zero attached hydrogens (tertiary/aromatic N) is 7. The first-order chi connectivity index (χ1) is 23.1. The highest BCUT2D eigenvalue weighted by atomic mass is 19.3. The van der Waals surface area contributed by atoms with E-state index in [0.717, 1.165) is 55.5 Å². The molecule has 6 rings (SSSR count). The molecule has 3 fully saturated rings. The van der Waals surface area contributed by atoms with Gasteiger partial charge in [0.2, 0.25) is 11.8 Å². The molecule has 2 atom stereocenters. The molecule has 2 N–H and O–H groups in total. The van der Waals surface area contributed by atoms with Gasteiger partial charge in [0.05, 0.1) is 44.2 Å². The summed E-state index contributed by atoms with van der Waals surface area (Å²) < 4.78 is 46.6. The number of aliphatic hydroxyl groups is 1. The molecule has 48 heavy (non-hydrogen) atoms. The number of hydrogen-bond acceptors (Lipinski definition) is 12. The van der Waals surface area contributed by atoms with Gasteiger partial charge in [0.25, 0.3) is 5.91 Å². The van der Waals surface area contributed by atoms with Gasteiger partial charge in [0.15, 0.2) is 6.10 Å². The highest BCUT2D eigenvalue weighted by Crippen LogP contribution is 2.35. The van der Waals surface area contributed by atoms with Crippen LogP contribution < -0.4 is 19.7 Å². The summed E-state index contributed by atoms with van der Waals surface area (Å²) in [6, 6.07) is 11.0. The molecule has 3 aliphatic rings. The molecule has 2 aromatic heterocycles. The van der Waals surface area contributed by atoms with Crippen molar-refractivity contribution in [1.82, 2.24) is 24.8 Å². The van der Waals surface area contributed by atoms with Crippen LogP contribution in [-0.2, 0) is 9.53 Å². The lowest BCUT2D eigenvalue weighted by Crippen LogP contribution is -2.56. The van der Waals surface area contributed by atoms with Gasteiger partial charge in [0, 0.05) is 50.9 Å². The van der Waals surface area contributed by atoms with Gasteiger partial charge in [-0.05, 0) is 49.7 Å². The largest absolute Gasteiger partial charge is 0.483 e. The first-order valence-electron chi connectivity index (χ1n) is 15.8. The van der Waals surface area contributed by atoms with E-state index in [0.29, 0.717) is 29.0 Å². The topological polar surface area (TPSA) is 149 Å². The van der Waals surface area contributed by atoms with Crippen LogP contribution in [0, 0.1) is 18.3 Å². The number of alkyl halides is 2. The van der Waals surface area contributed by atoms with Gasteiger partial charge in [0.1, 0.15) is 29.4 Å². The number of piperazine rings is 1. The maximum atomic E-state index is 15.0. The summed E-state index contributed by atoms with van der Waals surface area (Å²) >= 11 is 0. The molecule has 3 saturated heterocycles. The summed E-state index contributed by atoms with van der Waals surface area (Å²) in [5.41, 5.74) is 2.79. The highest BCUT2D eigenvalue weighted by molar-refractivity contribution is 5.80. The molecule has 0 spiro atoms. The molecular weight excluding hydrogens is 626 g/mol. The number of pyridine rings is 1. The number of methoxy groups -OCH3 is 1. The minimum absolute atomic E-state index is 0.00105. The molecule has 0 radical (unpaired) electrons. The molecule has 0 saturated carbocycles. The fourth-order valence-electron chi connectivity index (χ4n) is 6.10. The number of anilines is 3. The summed E-state index contributed by atoms with van der Waals surface area (Å²) in [6.45, 7) is 7.37. The van der Waals surface area contributed by atoms with E-state index in [1.807, 2.05) is 25.1 Å². The minimum Gasteiger partial charge on any atom is -0.483 e. The van der Waals surface area contributed by atoms with Crippen LogP contribution in [0.25, 0.3) is 11.3 Å². The van der Waals surface area contributed by atoms with Crippen LogP contribution in [0.2, 0.25) is 0 Å². The lowest BCUT2D eigenvalue weighted by atomic mass is 10.0. The van der Waals surface area contributed by atoms with Crippen LogP contribution in [0.15, 0.2) is 36.5 Å². The summed E-state index contributed by atoms with van der Waals surface area (Å²) in [4.78, 5) is 31.4. The fraction of sp³-hybridized carbons (Fsp3) is 0.485. The van der Waals surface area contributed by atoms with Gasteiger partial charge in [-0.3, -0.25) is 9.69 Å². The third kappa shape index (κ3) is 6.96. The van der Waals surface area contributed by atoms with Crippen LogP contribution in [0.3, 0.4) is 0 Å². The number of amides is 1. The van der Waals surface area contributed by atoms with Gasteiger partial charge in [-0.25, -0.2) is 18.7 Å². The lowest BCUT2D eigenvalue weighted by molar-refractivity contribution is -0.165. The number of hydrogen-bond donors (Lipinski definition) is 2. The second kappa shape index (κ2) is 13.8. The van der Waals surface area contributed by atoms with E-state index < -0.39 is 30.6 Å². The third-order valence-corrected chi connectivity index (χ3v) is 8.88. The number of nitriles is 1. The number of carbonyl (C=O) groups excluding carboxylic acids is 1. The Hall–Kier alpha value is -4.65. The van der Waals surface area contributed by atoms with E-state index >= 15 is 0 Å². The number of halogens is 2. The Balaban J connectivity index is 1.15. The smallest absolute Gasteiger partial charge is 0.301 e. The summed E-state index contributed by atoms with van der Waals surface area (Å²) in [6.07, 6.45) is -1.44. The van der Waals surface area contributed by atoms with E-state index in [4.69, 9.17) is 14.2 Å². The zero-order valence-corrected chi connectivity index (χ0v) is 27.0. The molecular formula is C33H38F2N8O5. The maximum Gasteiger partial charge on any atom is 0.301 e. The van der Waals surface area contributed by atoms with Crippen molar-refractivity contribution in [1.29, 1.82) is 5.26 Å². The molecule has 0 bridgehead atoms. The van der Waals surface area contributed by atoms with Crippen molar-refractivity contribution in [3.05, 3.63) is 47.7 Å². The second-order valence-corrected chi connectivity index (χ2v) is 12.2. The van der Waals surface area contributed by atoms with Crippen LogP contribution in [0.1, 0.15) is 24.5 Å². The zero-order chi connectivity index (χ0) is 34.0. The van der Waals surface area contributed by atoms with E-state index in [-0.39, 0.29) is 30.2 Å². The van der Waals surface area contributed by atoms with Crippen LogP contribution >= 0.6 is 0 Å². The van der Waals surface area contributed by atoms with Crippen molar-refractivity contribution < 1.29 is 32.9 Å². The van der Waals surface area contributed by atoms with Gasteiger partial charge >= 0.3 is 5.92 Å².